The van der Waals surface area contributed by atoms with E-state index in [2.05, 4.69) is 6.58 Å². The first kappa shape index (κ1) is 13.0. The minimum absolute atomic E-state index is 0. The Bertz CT molecular complexity index is 415. The van der Waals surface area contributed by atoms with Crippen molar-refractivity contribution in [2.24, 2.45) is 0 Å². The van der Waals surface area contributed by atoms with Crippen molar-refractivity contribution < 1.29 is 8.42 Å². The second-order valence-electron chi connectivity index (χ2n) is 2.64. The Morgan fingerprint density at radius 2 is 2.07 bits per heavy atom. The molecule has 14 heavy (non-hydrogen) atoms. The number of anilines is 1. The van der Waals surface area contributed by atoms with Gasteiger partial charge in [0.25, 0.3) is 0 Å². The van der Waals surface area contributed by atoms with Gasteiger partial charge in [0, 0.05) is 5.69 Å². The molecule has 2 N–H and O–H groups in total. The second-order valence-corrected chi connectivity index (χ2v) is 4.68. The van der Waals surface area contributed by atoms with E-state index in [0.29, 0.717) is 5.69 Å². The first-order valence-electron chi connectivity index (χ1n) is 3.75. The fraction of sp³-hybridized carbons (Fsp3) is 0.111. The molecule has 0 heterocycles. The van der Waals surface area contributed by atoms with Crippen molar-refractivity contribution in [1.29, 1.82) is 0 Å². The van der Waals surface area contributed by atoms with Gasteiger partial charge in [-0.05, 0) is 18.2 Å². The SMILES string of the molecule is C=CCS(=O)(=O)c1cccc(N)c1.Cl. The Kier molecular flexibility index (Phi) is 4.67. The van der Waals surface area contributed by atoms with Crippen molar-refractivity contribution in [3.63, 3.8) is 0 Å². The number of nitrogen functional groups attached to an aromatic ring is 1. The van der Waals surface area contributed by atoms with Crippen LogP contribution in [0.4, 0.5) is 5.69 Å². The third-order valence-electron chi connectivity index (χ3n) is 1.55. The first-order chi connectivity index (χ1) is 6.06. The van der Waals surface area contributed by atoms with Crippen LogP contribution in [0.5, 0.6) is 0 Å². The zero-order valence-corrected chi connectivity index (χ0v) is 9.14. The molecule has 5 heteroatoms. The summed E-state index contributed by atoms with van der Waals surface area (Å²) < 4.78 is 22.9. The molecule has 0 fully saturated rings. The minimum atomic E-state index is -3.23. The average molecular weight is 234 g/mol. The Morgan fingerprint density at radius 3 is 2.57 bits per heavy atom. The summed E-state index contributed by atoms with van der Waals surface area (Å²) in [5.41, 5.74) is 5.91. The van der Waals surface area contributed by atoms with Gasteiger partial charge in [-0.25, -0.2) is 8.42 Å². The topological polar surface area (TPSA) is 60.2 Å². The van der Waals surface area contributed by atoms with E-state index >= 15 is 0 Å². The summed E-state index contributed by atoms with van der Waals surface area (Å²) >= 11 is 0. The Balaban J connectivity index is 0.00000169. The molecule has 1 rings (SSSR count). The summed E-state index contributed by atoms with van der Waals surface area (Å²) in [7, 11) is -3.23. The van der Waals surface area contributed by atoms with E-state index in [1.807, 2.05) is 0 Å². The summed E-state index contributed by atoms with van der Waals surface area (Å²) in [5, 5.41) is 0. The molecule has 0 unspecified atom stereocenters. The van der Waals surface area contributed by atoms with Crippen LogP contribution in [-0.2, 0) is 9.84 Å². The lowest BCUT2D eigenvalue weighted by Crippen LogP contribution is -2.04. The minimum Gasteiger partial charge on any atom is -0.399 e. The molecule has 1 aromatic rings. The van der Waals surface area contributed by atoms with Crippen LogP contribution in [0.3, 0.4) is 0 Å². The lowest BCUT2D eigenvalue weighted by atomic mass is 10.3. The van der Waals surface area contributed by atoms with Crippen LogP contribution in [0, 0.1) is 0 Å². The number of benzene rings is 1. The molecule has 3 nitrogen and oxygen atoms in total. The highest BCUT2D eigenvalue weighted by molar-refractivity contribution is 7.91. The van der Waals surface area contributed by atoms with Crippen molar-refractivity contribution >= 4 is 27.9 Å². The molecule has 0 radical (unpaired) electrons. The summed E-state index contributed by atoms with van der Waals surface area (Å²) in [4.78, 5) is 0.243. The van der Waals surface area contributed by atoms with Crippen LogP contribution in [0.15, 0.2) is 41.8 Å². The van der Waals surface area contributed by atoms with Gasteiger partial charge >= 0.3 is 0 Å². The molecule has 0 saturated carbocycles. The molecule has 0 aliphatic carbocycles. The summed E-state index contributed by atoms with van der Waals surface area (Å²) in [6.45, 7) is 3.38. The average Bonchev–Trinajstić information content (AvgIpc) is 2.04. The van der Waals surface area contributed by atoms with Crippen LogP contribution >= 0.6 is 12.4 Å². The van der Waals surface area contributed by atoms with Gasteiger partial charge in [0.05, 0.1) is 10.6 Å². The summed E-state index contributed by atoms with van der Waals surface area (Å²) in [6, 6.07) is 6.23. The fourth-order valence-electron chi connectivity index (χ4n) is 0.959. The summed E-state index contributed by atoms with van der Waals surface area (Å²) in [6.07, 6.45) is 1.36. The normalized spacial score (nSPS) is 10.3. The van der Waals surface area contributed by atoms with E-state index in [1.54, 1.807) is 12.1 Å². The van der Waals surface area contributed by atoms with Gasteiger partial charge in [0.2, 0.25) is 0 Å². The molecule has 0 saturated heterocycles. The van der Waals surface area contributed by atoms with Gasteiger partial charge in [0.1, 0.15) is 0 Å². The number of rotatable bonds is 3. The lowest BCUT2D eigenvalue weighted by Gasteiger charge is -2.01. The highest BCUT2D eigenvalue weighted by atomic mass is 35.5. The van der Waals surface area contributed by atoms with Gasteiger partial charge in [-0.2, -0.15) is 0 Å². The molecular weight excluding hydrogens is 222 g/mol. The number of nitrogens with two attached hydrogens (primary N) is 1. The van der Waals surface area contributed by atoms with E-state index < -0.39 is 9.84 Å². The number of hydrogen-bond donors (Lipinski definition) is 1. The third-order valence-corrected chi connectivity index (χ3v) is 3.20. The Morgan fingerprint density at radius 1 is 1.43 bits per heavy atom. The number of sulfone groups is 1. The van der Waals surface area contributed by atoms with Gasteiger partial charge < -0.3 is 5.73 Å². The number of halogens is 1. The molecule has 0 aliphatic heterocycles. The van der Waals surface area contributed by atoms with Gasteiger partial charge in [-0.15, -0.1) is 19.0 Å². The van der Waals surface area contributed by atoms with E-state index in [-0.39, 0.29) is 23.1 Å². The van der Waals surface area contributed by atoms with Gasteiger partial charge in [-0.1, -0.05) is 12.1 Å². The van der Waals surface area contributed by atoms with Crippen LogP contribution in [0.25, 0.3) is 0 Å². The first-order valence-corrected chi connectivity index (χ1v) is 5.40. The van der Waals surface area contributed by atoms with Crippen molar-refractivity contribution in [3.8, 4) is 0 Å². The Hall–Kier alpha value is -1.00. The molecule has 78 valence electrons. The van der Waals surface area contributed by atoms with Crippen molar-refractivity contribution in [2.75, 3.05) is 11.5 Å². The second kappa shape index (κ2) is 5.02. The lowest BCUT2D eigenvalue weighted by molar-refractivity contribution is 0.599. The highest BCUT2D eigenvalue weighted by Crippen LogP contribution is 2.14. The predicted molar refractivity (Wildman–Crippen MR) is 60.4 cm³/mol. The molecule has 0 spiro atoms. The maximum Gasteiger partial charge on any atom is 0.181 e. The van der Waals surface area contributed by atoms with Crippen LogP contribution in [0.1, 0.15) is 0 Å². The smallest absolute Gasteiger partial charge is 0.181 e. The maximum absolute atomic E-state index is 11.5. The molecular formula is C9H12ClNO2S. The largest absolute Gasteiger partial charge is 0.399 e. The highest BCUT2D eigenvalue weighted by Gasteiger charge is 2.11. The van der Waals surface area contributed by atoms with Crippen molar-refractivity contribution in [1.82, 2.24) is 0 Å². The molecule has 1 aromatic carbocycles. The van der Waals surface area contributed by atoms with Gasteiger partial charge in [0.15, 0.2) is 9.84 Å². The van der Waals surface area contributed by atoms with Crippen LogP contribution < -0.4 is 5.73 Å². The summed E-state index contributed by atoms with van der Waals surface area (Å²) in [5.74, 6) is -0.0591. The third kappa shape index (κ3) is 3.05. The fourth-order valence-corrected chi connectivity index (χ4v) is 2.06. The van der Waals surface area contributed by atoms with E-state index in [0.717, 1.165) is 0 Å². The van der Waals surface area contributed by atoms with Crippen LogP contribution in [-0.4, -0.2) is 14.2 Å². The molecule has 0 aromatic heterocycles. The zero-order chi connectivity index (χ0) is 9.90. The zero-order valence-electron chi connectivity index (χ0n) is 7.51. The monoisotopic (exact) mass is 233 g/mol. The number of hydrogen-bond acceptors (Lipinski definition) is 3. The molecule has 0 atom stereocenters. The van der Waals surface area contributed by atoms with Crippen molar-refractivity contribution in [2.45, 2.75) is 4.90 Å². The van der Waals surface area contributed by atoms with E-state index in [1.165, 1.54) is 18.2 Å². The van der Waals surface area contributed by atoms with E-state index in [4.69, 9.17) is 5.73 Å². The maximum atomic E-state index is 11.5. The van der Waals surface area contributed by atoms with Crippen molar-refractivity contribution in [3.05, 3.63) is 36.9 Å². The van der Waals surface area contributed by atoms with E-state index in [9.17, 15) is 8.42 Å². The molecule has 0 aliphatic rings. The molecule has 0 bridgehead atoms. The predicted octanol–water partition coefficient (Wildman–Crippen LogP) is 1.65. The molecule has 0 amide bonds. The Labute approximate surface area is 90.0 Å². The van der Waals surface area contributed by atoms with Crippen LogP contribution in [0.2, 0.25) is 0 Å². The standard InChI is InChI=1S/C9H11NO2S.ClH/c1-2-6-13(11,12)9-5-3-4-8(10)7-9;/h2-5,7H,1,6,10H2;1H. The van der Waals surface area contributed by atoms with Gasteiger partial charge in [-0.3, -0.25) is 0 Å². The quantitative estimate of drug-likeness (QED) is 0.638.